The second-order valence-corrected chi connectivity index (χ2v) is 9.08. The standard InChI is InChI=1S/C25H35N3O2/c1-25(2,3)30-24(29)26-18-21-19-28(16-14-20-10-6-4-7-11-20)17-15-23(21)27-22-12-8-5-9-13-22/h4-13,21,23,27H,14-19H2,1-3H3,(H,26,29)/t21-,23-/m1/s1. The monoisotopic (exact) mass is 409 g/mol. The van der Waals surface area contributed by atoms with E-state index in [4.69, 9.17) is 4.74 Å². The molecule has 0 unspecified atom stereocenters. The summed E-state index contributed by atoms with van der Waals surface area (Å²) in [7, 11) is 0. The summed E-state index contributed by atoms with van der Waals surface area (Å²) in [5, 5.41) is 6.67. The largest absolute Gasteiger partial charge is 0.444 e. The first-order chi connectivity index (χ1) is 14.4. The number of carbonyl (C=O) groups is 1. The van der Waals surface area contributed by atoms with E-state index in [9.17, 15) is 4.79 Å². The van der Waals surface area contributed by atoms with E-state index in [0.29, 0.717) is 18.5 Å². The Balaban J connectivity index is 1.59. The van der Waals surface area contributed by atoms with Crippen molar-refractivity contribution in [3.05, 3.63) is 66.2 Å². The number of anilines is 1. The molecule has 2 aromatic carbocycles. The molecule has 0 spiro atoms. The average molecular weight is 410 g/mol. The third kappa shape index (κ3) is 7.38. The second-order valence-electron chi connectivity index (χ2n) is 9.08. The van der Waals surface area contributed by atoms with Crippen LogP contribution in [0.5, 0.6) is 0 Å². The van der Waals surface area contributed by atoms with Crippen LogP contribution in [0.1, 0.15) is 32.8 Å². The zero-order valence-electron chi connectivity index (χ0n) is 18.4. The maximum atomic E-state index is 12.2. The van der Waals surface area contributed by atoms with Crippen LogP contribution in [0.3, 0.4) is 0 Å². The molecule has 2 atom stereocenters. The van der Waals surface area contributed by atoms with Gasteiger partial charge in [0.2, 0.25) is 0 Å². The summed E-state index contributed by atoms with van der Waals surface area (Å²) in [5.41, 5.74) is 2.01. The molecule has 1 aliphatic heterocycles. The number of nitrogens with one attached hydrogen (secondary N) is 2. The molecule has 0 bridgehead atoms. The first-order valence-electron chi connectivity index (χ1n) is 10.9. The molecule has 1 fully saturated rings. The molecule has 30 heavy (non-hydrogen) atoms. The molecular weight excluding hydrogens is 374 g/mol. The Morgan fingerprint density at radius 2 is 1.73 bits per heavy atom. The van der Waals surface area contributed by atoms with Gasteiger partial charge in [-0.25, -0.2) is 4.79 Å². The number of likely N-dealkylation sites (tertiary alicyclic amines) is 1. The van der Waals surface area contributed by atoms with E-state index in [0.717, 1.165) is 38.2 Å². The number of para-hydroxylation sites is 1. The van der Waals surface area contributed by atoms with Crippen LogP contribution >= 0.6 is 0 Å². The molecular formula is C25H35N3O2. The molecule has 1 heterocycles. The summed E-state index contributed by atoms with van der Waals surface area (Å²) in [5.74, 6) is 0.308. The Hall–Kier alpha value is -2.53. The van der Waals surface area contributed by atoms with Crippen LogP contribution in [-0.2, 0) is 11.2 Å². The van der Waals surface area contributed by atoms with Gasteiger partial charge >= 0.3 is 6.09 Å². The van der Waals surface area contributed by atoms with Crippen LogP contribution < -0.4 is 10.6 Å². The van der Waals surface area contributed by atoms with E-state index < -0.39 is 5.60 Å². The zero-order valence-corrected chi connectivity index (χ0v) is 18.4. The van der Waals surface area contributed by atoms with E-state index >= 15 is 0 Å². The predicted octanol–water partition coefficient (Wildman–Crippen LogP) is 4.56. The molecule has 5 nitrogen and oxygen atoms in total. The number of ether oxygens (including phenoxy) is 1. The summed E-state index contributed by atoms with van der Waals surface area (Å²) in [6, 6.07) is 21.3. The lowest BCUT2D eigenvalue weighted by Crippen LogP contribution is -2.51. The molecule has 0 radical (unpaired) electrons. The van der Waals surface area contributed by atoms with Crippen molar-refractivity contribution < 1.29 is 9.53 Å². The van der Waals surface area contributed by atoms with Gasteiger partial charge in [0.15, 0.2) is 0 Å². The summed E-state index contributed by atoms with van der Waals surface area (Å²) in [6.07, 6.45) is 1.75. The SMILES string of the molecule is CC(C)(C)OC(=O)NC[C@@H]1CN(CCc2ccccc2)CC[C@H]1Nc1ccccc1. The van der Waals surface area contributed by atoms with E-state index in [1.807, 2.05) is 39.0 Å². The van der Waals surface area contributed by atoms with Crippen molar-refractivity contribution in [2.24, 2.45) is 5.92 Å². The summed E-state index contributed by atoms with van der Waals surface area (Å²) >= 11 is 0. The molecule has 2 N–H and O–H groups in total. The average Bonchev–Trinajstić information content (AvgIpc) is 2.72. The molecule has 0 aliphatic carbocycles. The molecule has 2 aromatic rings. The fourth-order valence-corrected chi connectivity index (χ4v) is 3.92. The Bertz CT molecular complexity index is 774. The zero-order chi connectivity index (χ0) is 21.4. The van der Waals surface area contributed by atoms with Crippen LogP contribution in [0, 0.1) is 5.92 Å². The minimum atomic E-state index is -0.486. The number of hydrogen-bond donors (Lipinski definition) is 2. The van der Waals surface area contributed by atoms with Crippen molar-refractivity contribution in [1.29, 1.82) is 0 Å². The van der Waals surface area contributed by atoms with Gasteiger partial charge in [-0.3, -0.25) is 0 Å². The molecule has 3 rings (SSSR count). The predicted molar refractivity (Wildman–Crippen MR) is 123 cm³/mol. The highest BCUT2D eigenvalue weighted by molar-refractivity contribution is 5.67. The summed E-state index contributed by atoms with van der Waals surface area (Å²) < 4.78 is 5.43. The molecule has 1 aliphatic rings. The lowest BCUT2D eigenvalue weighted by Gasteiger charge is -2.39. The van der Waals surface area contributed by atoms with Crippen LogP contribution in [0.25, 0.3) is 0 Å². The van der Waals surface area contributed by atoms with Crippen LogP contribution in [0.4, 0.5) is 10.5 Å². The molecule has 1 amide bonds. The van der Waals surface area contributed by atoms with Gasteiger partial charge in [-0.1, -0.05) is 48.5 Å². The minimum Gasteiger partial charge on any atom is -0.444 e. The number of piperidine rings is 1. The van der Waals surface area contributed by atoms with Gasteiger partial charge in [0.1, 0.15) is 5.60 Å². The number of benzene rings is 2. The number of hydrogen-bond acceptors (Lipinski definition) is 4. The van der Waals surface area contributed by atoms with E-state index in [2.05, 4.69) is 58.0 Å². The highest BCUT2D eigenvalue weighted by Gasteiger charge is 2.30. The number of nitrogens with zero attached hydrogens (tertiary/aromatic N) is 1. The third-order valence-corrected chi connectivity index (χ3v) is 5.41. The van der Waals surface area contributed by atoms with Crippen molar-refractivity contribution >= 4 is 11.8 Å². The third-order valence-electron chi connectivity index (χ3n) is 5.41. The second kappa shape index (κ2) is 10.5. The van der Waals surface area contributed by atoms with Gasteiger partial charge in [-0.05, 0) is 51.3 Å². The fourth-order valence-electron chi connectivity index (χ4n) is 3.92. The number of rotatable bonds is 7. The lowest BCUT2D eigenvalue weighted by atomic mass is 9.91. The van der Waals surface area contributed by atoms with Gasteiger partial charge in [-0.15, -0.1) is 0 Å². The van der Waals surface area contributed by atoms with Gasteiger partial charge in [0, 0.05) is 43.8 Å². The van der Waals surface area contributed by atoms with Gasteiger partial charge in [-0.2, -0.15) is 0 Å². The van der Waals surface area contributed by atoms with E-state index in [-0.39, 0.29) is 6.09 Å². The maximum Gasteiger partial charge on any atom is 0.407 e. The van der Waals surface area contributed by atoms with Crippen molar-refractivity contribution in [2.75, 3.05) is 31.5 Å². The van der Waals surface area contributed by atoms with Gasteiger partial charge in [0.05, 0.1) is 0 Å². The van der Waals surface area contributed by atoms with Crippen LogP contribution in [-0.4, -0.2) is 48.8 Å². The Kier molecular flexibility index (Phi) is 7.75. The van der Waals surface area contributed by atoms with E-state index in [1.165, 1.54) is 5.56 Å². The van der Waals surface area contributed by atoms with Gasteiger partial charge in [0.25, 0.3) is 0 Å². The quantitative estimate of drug-likeness (QED) is 0.704. The minimum absolute atomic E-state index is 0.308. The lowest BCUT2D eigenvalue weighted by molar-refractivity contribution is 0.0504. The first kappa shape index (κ1) is 22.2. The topological polar surface area (TPSA) is 53.6 Å². The highest BCUT2D eigenvalue weighted by Crippen LogP contribution is 2.22. The van der Waals surface area contributed by atoms with Crippen LogP contribution in [0.15, 0.2) is 60.7 Å². The van der Waals surface area contributed by atoms with Crippen molar-refractivity contribution in [3.8, 4) is 0 Å². The van der Waals surface area contributed by atoms with Crippen LogP contribution in [0.2, 0.25) is 0 Å². The smallest absolute Gasteiger partial charge is 0.407 e. The normalized spacial score (nSPS) is 19.8. The molecule has 162 valence electrons. The Morgan fingerprint density at radius 3 is 2.40 bits per heavy atom. The highest BCUT2D eigenvalue weighted by atomic mass is 16.6. The Morgan fingerprint density at radius 1 is 1.07 bits per heavy atom. The molecule has 0 aromatic heterocycles. The molecule has 5 heteroatoms. The summed E-state index contributed by atoms with van der Waals surface area (Å²) in [4.78, 5) is 14.7. The molecule has 0 saturated carbocycles. The molecule has 1 saturated heterocycles. The maximum absolute atomic E-state index is 12.2. The summed E-state index contributed by atoms with van der Waals surface area (Å²) in [6.45, 7) is 9.30. The fraction of sp³-hybridized carbons (Fsp3) is 0.480. The first-order valence-corrected chi connectivity index (χ1v) is 10.9. The number of alkyl carbamates (subject to hydrolysis) is 1. The number of amides is 1. The van der Waals surface area contributed by atoms with Gasteiger partial charge < -0.3 is 20.3 Å². The van der Waals surface area contributed by atoms with Crippen molar-refractivity contribution in [1.82, 2.24) is 10.2 Å². The van der Waals surface area contributed by atoms with Crippen molar-refractivity contribution in [2.45, 2.75) is 45.3 Å². The number of carbonyl (C=O) groups excluding carboxylic acids is 1. The van der Waals surface area contributed by atoms with E-state index in [1.54, 1.807) is 0 Å². The van der Waals surface area contributed by atoms with Crippen molar-refractivity contribution in [3.63, 3.8) is 0 Å². The Labute approximate surface area is 180 Å².